The Bertz CT molecular complexity index is 2550. The second kappa shape index (κ2) is 19.1. The third-order valence-electron chi connectivity index (χ3n) is 13.9. The van der Waals surface area contributed by atoms with Crippen LogP contribution in [-0.4, -0.2) is 107 Å². The number of nitrogens with one attached hydrogen (secondary N) is 3. The number of halogens is 2. The van der Waals surface area contributed by atoms with Gasteiger partial charge in [-0.2, -0.15) is 0 Å². The minimum atomic E-state index is -4.09. The van der Waals surface area contributed by atoms with Crippen molar-refractivity contribution in [3.05, 3.63) is 54.7 Å². The molecule has 2 aliphatic heterocycles. The van der Waals surface area contributed by atoms with Crippen molar-refractivity contribution in [1.29, 1.82) is 0 Å². The summed E-state index contributed by atoms with van der Waals surface area (Å²) >= 11 is 0. The summed E-state index contributed by atoms with van der Waals surface area (Å²) in [5.41, 5.74) is -2.95. The molecular weight excluding hydrogens is 903 g/mol. The number of nitrogens with zero attached hydrogens (tertiary/aromatic N) is 3. The van der Waals surface area contributed by atoms with Crippen molar-refractivity contribution in [1.82, 2.24) is 30.2 Å². The molecule has 2 aliphatic carbocycles. The maximum Gasteiger partial charge on any atom is 0.408 e. The summed E-state index contributed by atoms with van der Waals surface area (Å²) in [6, 6.07) is 8.04. The van der Waals surface area contributed by atoms with Gasteiger partial charge in [0.05, 0.1) is 42.1 Å². The normalized spacial score (nSPS) is 26.9. The van der Waals surface area contributed by atoms with Crippen LogP contribution in [0, 0.1) is 17.8 Å². The van der Waals surface area contributed by atoms with E-state index in [1.54, 1.807) is 44.5 Å². The lowest BCUT2D eigenvalue weighted by molar-refractivity contribution is -0.152. The molecule has 3 aromatic rings. The molecule has 3 N–H and O–H groups in total. The largest absolute Gasteiger partial charge is 0.497 e. The van der Waals surface area contributed by atoms with E-state index in [-0.39, 0.29) is 37.3 Å². The molecule has 2 saturated carbocycles. The van der Waals surface area contributed by atoms with E-state index < -0.39 is 85.7 Å². The molecule has 0 unspecified atom stereocenters. The molecule has 0 radical (unpaired) electrons. The number of alkyl halides is 2. The van der Waals surface area contributed by atoms with Crippen LogP contribution in [0.2, 0.25) is 0 Å². The Morgan fingerprint density at radius 2 is 1.76 bits per heavy atom. The highest BCUT2D eigenvalue weighted by atomic mass is 32.2. The molecule has 19 heteroatoms. The number of fused-ring (bicyclic) bond motifs is 3. The smallest absolute Gasteiger partial charge is 0.408 e. The SMILES string of the molecule is CC[C@@H]1C[C@@H](C)CC/C=C\[C@@H]2C[C@@]2(C(=O)NS(=O)(=O)C2(C)CC2)NC(=O)[C@@H]2C[C@@H](Oc3nc(-c4ccc(OC(C)C)cn4)cc4cc(OC)ccc34)CN2C(=O)[C@H]1NC(=O)OC(C)(C)C(C)(F)F. The number of carbonyl (C=O) groups is 4. The summed E-state index contributed by atoms with van der Waals surface area (Å²) in [7, 11) is -2.55. The second-order valence-corrected chi connectivity index (χ2v) is 22.2. The number of allylic oxidation sites excluding steroid dienone is 1. The third-order valence-corrected chi connectivity index (χ3v) is 16.1. The van der Waals surface area contributed by atoms with Gasteiger partial charge in [-0.3, -0.25) is 24.1 Å². The minimum absolute atomic E-state index is 0.000142. The number of sulfonamides is 1. The number of hydrogen-bond donors (Lipinski definition) is 3. The van der Waals surface area contributed by atoms with Crippen LogP contribution in [0.5, 0.6) is 17.4 Å². The minimum Gasteiger partial charge on any atom is -0.497 e. The van der Waals surface area contributed by atoms with Crippen LogP contribution in [0.15, 0.2) is 54.7 Å². The summed E-state index contributed by atoms with van der Waals surface area (Å²) < 4.78 is 80.4. The number of rotatable bonds is 13. The summed E-state index contributed by atoms with van der Waals surface area (Å²) in [5, 5.41) is 6.77. The van der Waals surface area contributed by atoms with Crippen molar-refractivity contribution in [3.8, 4) is 28.8 Å². The Balaban J connectivity index is 1.28. The fraction of sp³-hybridized carbons (Fsp3) is 0.592. The van der Waals surface area contributed by atoms with Crippen molar-refractivity contribution in [2.24, 2.45) is 17.8 Å². The van der Waals surface area contributed by atoms with Gasteiger partial charge >= 0.3 is 6.09 Å². The first-order valence-electron chi connectivity index (χ1n) is 23.4. The molecule has 4 aliphatic rings. The standard InChI is InChI=1S/C49H64F2N6O10S/c1-10-30-21-29(4)13-11-12-14-32-25-49(32,44(60)56-68(62,63)47(7)19-20-47)55-41(58)39-24-35(27-57(39)43(59)40(30)54-45(61)67-46(5,6)48(8,50)51)66-42-36-17-15-33(64-9)22-31(36)23-38(53-42)37-18-16-34(26-52-37)65-28(2)3/h12,14-18,22-23,26,28-30,32,35,39-40H,10-11,13,19-21,24-25,27H2,1-9H3,(H,54,61)(H,55,58)(H,56,60)/b14-12-/t29-,30+,32+,35+,39-,40-,49+/m0/s1. The molecule has 0 spiro atoms. The average molecular weight is 967 g/mol. The molecule has 1 saturated heterocycles. The monoisotopic (exact) mass is 966 g/mol. The summed E-state index contributed by atoms with van der Waals surface area (Å²) in [6.45, 7) is 11.8. The van der Waals surface area contributed by atoms with Gasteiger partial charge in [-0.1, -0.05) is 32.4 Å². The average Bonchev–Trinajstić information content (AvgIpc) is 4.15. The van der Waals surface area contributed by atoms with Gasteiger partial charge in [0.1, 0.15) is 35.2 Å². The first-order chi connectivity index (χ1) is 31.9. The fourth-order valence-electron chi connectivity index (χ4n) is 8.88. The number of benzene rings is 1. The summed E-state index contributed by atoms with van der Waals surface area (Å²) in [4.78, 5) is 68.7. The zero-order chi connectivity index (χ0) is 49.6. The predicted octanol–water partition coefficient (Wildman–Crippen LogP) is 7.25. The molecule has 1 aromatic carbocycles. The zero-order valence-electron chi connectivity index (χ0n) is 40.2. The van der Waals surface area contributed by atoms with Crippen LogP contribution in [0.25, 0.3) is 22.2 Å². The van der Waals surface area contributed by atoms with Crippen LogP contribution in [0.1, 0.15) is 107 Å². The van der Waals surface area contributed by atoms with Gasteiger partial charge in [-0.05, 0) is 127 Å². The third kappa shape index (κ3) is 10.7. The Labute approximate surface area is 396 Å². The van der Waals surface area contributed by atoms with Gasteiger partial charge in [0.25, 0.3) is 11.8 Å². The van der Waals surface area contributed by atoms with E-state index in [9.17, 15) is 31.6 Å². The van der Waals surface area contributed by atoms with Crippen LogP contribution in [-0.2, 0) is 29.1 Å². The van der Waals surface area contributed by atoms with Gasteiger partial charge in [-0.15, -0.1) is 0 Å². The lowest BCUT2D eigenvalue weighted by Crippen LogP contribution is -2.60. The van der Waals surface area contributed by atoms with E-state index in [4.69, 9.17) is 23.9 Å². The Hall–Kier alpha value is -5.59. The Kier molecular flexibility index (Phi) is 14.1. The number of carbonyl (C=O) groups excluding carboxylic acids is 4. The highest BCUT2D eigenvalue weighted by molar-refractivity contribution is 7.91. The van der Waals surface area contributed by atoms with Gasteiger partial charge in [-0.25, -0.2) is 27.0 Å². The highest BCUT2D eigenvalue weighted by Gasteiger charge is 2.63. The quantitative estimate of drug-likeness (QED) is 0.145. The molecular formula is C49H64F2N6O10S. The Morgan fingerprint density at radius 1 is 1.04 bits per heavy atom. The summed E-state index contributed by atoms with van der Waals surface area (Å²) in [5.74, 6) is -5.54. The summed E-state index contributed by atoms with van der Waals surface area (Å²) in [6.07, 6.45) is 5.91. The van der Waals surface area contributed by atoms with Gasteiger partial charge < -0.3 is 34.5 Å². The second-order valence-electron chi connectivity index (χ2n) is 20.0. The van der Waals surface area contributed by atoms with Crippen LogP contribution in [0.4, 0.5) is 13.6 Å². The maximum atomic E-state index is 15.3. The molecule has 3 fully saturated rings. The zero-order valence-corrected chi connectivity index (χ0v) is 41.0. The number of alkyl carbamates (subject to hydrolysis) is 1. The van der Waals surface area contributed by atoms with E-state index in [2.05, 4.69) is 20.3 Å². The molecule has 16 nitrogen and oxygen atoms in total. The lowest BCUT2D eigenvalue weighted by Gasteiger charge is -2.35. The molecule has 4 heterocycles. The van der Waals surface area contributed by atoms with Crippen molar-refractivity contribution in [3.63, 3.8) is 0 Å². The predicted molar refractivity (Wildman–Crippen MR) is 250 cm³/mol. The van der Waals surface area contributed by atoms with Crippen LogP contribution < -0.4 is 29.6 Å². The topological polar surface area (TPSA) is 204 Å². The van der Waals surface area contributed by atoms with Crippen LogP contribution in [0.3, 0.4) is 0 Å². The van der Waals surface area contributed by atoms with Crippen molar-refractivity contribution < 1.29 is 55.3 Å². The van der Waals surface area contributed by atoms with E-state index >= 15 is 4.79 Å². The first kappa shape index (κ1) is 50.3. The van der Waals surface area contributed by atoms with Crippen molar-refractivity contribution in [2.45, 2.75) is 153 Å². The molecule has 7 rings (SSSR count). The maximum absolute atomic E-state index is 15.3. The van der Waals surface area contributed by atoms with Crippen molar-refractivity contribution >= 4 is 44.6 Å². The first-order valence-corrected chi connectivity index (χ1v) is 24.9. The molecule has 2 aromatic heterocycles. The lowest BCUT2D eigenvalue weighted by atomic mass is 9.85. The fourth-order valence-corrected chi connectivity index (χ4v) is 10.2. The molecule has 68 heavy (non-hydrogen) atoms. The molecule has 370 valence electrons. The number of pyridine rings is 2. The number of methoxy groups -OCH3 is 1. The van der Waals surface area contributed by atoms with Gasteiger partial charge in [0, 0.05) is 24.6 Å². The van der Waals surface area contributed by atoms with E-state index in [0.717, 1.165) is 13.8 Å². The number of amides is 4. The van der Waals surface area contributed by atoms with Crippen molar-refractivity contribution in [2.75, 3.05) is 13.7 Å². The number of hydrogen-bond acceptors (Lipinski definition) is 12. The molecule has 4 amide bonds. The van der Waals surface area contributed by atoms with E-state index in [0.29, 0.717) is 79.1 Å². The number of aromatic nitrogens is 2. The molecule has 0 bridgehead atoms. The van der Waals surface area contributed by atoms with Gasteiger partial charge in [0.15, 0.2) is 5.60 Å². The number of ether oxygens (including phenoxy) is 4. The molecule has 7 atom stereocenters. The van der Waals surface area contributed by atoms with E-state index in [1.807, 2.05) is 52.0 Å². The van der Waals surface area contributed by atoms with Crippen LogP contribution >= 0.6 is 0 Å². The van der Waals surface area contributed by atoms with E-state index in [1.165, 1.54) is 4.90 Å². The Morgan fingerprint density at radius 3 is 2.40 bits per heavy atom. The van der Waals surface area contributed by atoms with Gasteiger partial charge in [0.2, 0.25) is 27.7 Å². The highest BCUT2D eigenvalue weighted by Crippen LogP contribution is 2.48.